The van der Waals surface area contributed by atoms with E-state index >= 15 is 0 Å². The quantitative estimate of drug-likeness (QED) is 0.187. The summed E-state index contributed by atoms with van der Waals surface area (Å²) in [5.41, 5.74) is 2.40. The number of carbonyl (C=O) groups excluding carboxylic acids is 1. The molecular weight excluding hydrogens is 420 g/mol. The Morgan fingerprint density at radius 3 is 2.06 bits per heavy atom. The minimum absolute atomic E-state index is 0.480. The Bertz CT molecular complexity index is 1150. The number of ether oxygens (including phenoxy) is 5. The molecule has 0 aliphatic carbocycles. The van der Waals surface area contributed by atoms with E-state index in [-0.39, 0.29) is 0 Å². The molecule has 0 aromatic heterocycles. The van der Waals surface area contributed by atoms with Crippen LogP contribution in [0.2, 0.25) is 0 Å². The van der Waals surface area contributed by atoms with Crippen LogP contribution in [-0.2, 0) is 4.79 Å². The molecule has 0 aliphatic heterocycles. The van der Waals surface area contributed by atoms with Gasteiger partial charge in [0.25, 0.3) is 0 Å². The lowest BCUT2D eigenvalue weighted by atomic mass is 10.0. The molecule has 0 fully saturated rings. The predicted molar refractivity (Wildman–Crippen MR) is 129 cm³/mol. The molecule has 0 bridgehead atoms. The topological polar surface area (TPSA) is 63.2 Å². The number of rotatable bonds is 9. The highest BCUT2D eigenvalue weighted by Crippen LogP contribution is 2.36. The lowest BCUT2D eigenvalue weighted by molar-refractivity contribution is -0.128. The standard InChI is InChI=1S/C27H26O6/c1-29-23-15-11-19(18-25(23)31-3)10-14-22-20(12-16-24(30-2)27(22)32-4)13-17-26(28)33-21-8-6-5-7-9-21/h5-18H,1-4H3/b14-10+,17-13+. The van der Waals surface area contributed by atoms with Gasteiger partial charge in [-0.2, -0.15) is 0 Å². The Morgan fingerprint density at radius 2 is 1.39 bits per heavy atom. The maximum Gasteiger partial charge on any atom is 0.336 e. The van der Waals surface area contributed by atoms with Gasteiger partial charge in [-0.25, -0.2) is 4.79 Å². The smallest absolute Gasteiger partial charge is 0.336 e. The first-order valence-corrected chi connectivity index (χ1v) is 10.2. The van der Waals surface area contributed by atoms with Crippen molar-refractivity contribution in [2.24, 2.45) is 0 Å². The number of carbonyl (C=O) groups is 1. The van der Waals surface area contributed by atoms with Crippen LogP contribution in [-0.4, -0.2) is 34.4 Å². The maximum absolute atomic E-state index is 12.3. The molecule has 6 heteroatoms. The summed E-state index contributed by atoms with van der Waals surface area (Å²) in [4.78, 5) is 12.3. The molecule has 0 atom stereocenters. The van der Waals surface area contributed by atoms with E-state index in [1.165, 1.54) is 6.08 Å². The summed E-state index contributed by atoms with van der Waals surface area (Å²) in [6, 6.07) is 18.2. The Balaban J connectivity index is 1.93. The molecule has 0 aliphatic rings. The highest BCUT2D eigenvalue weighted by Gasteiger charge is 2.12. The SMILES string of the molecule is COc1ccc(/C=C/c2c(/C=C/C(=O)Oc3ccccc3)ccc(OC)c2OC)cc1OC. The lowest BCUT2D eigenvalue weighted by Gasteiger charge is -2.13. The van der Waals surface area contributed by atoms with E-state index in [4.69, 9.17) is 23.7 Å². The molecule has 0 spiro atoms. The van der Waals surface area contributed by atoms with Crippen LogP contribution in [0.5, 0.6) is 28.7 Å². The van der Waals surface area contributed by atoms with Crippen molar-refractivity contribution < 1.29 is 28.5 Å². The highest BCUT2D eigenvalue weighted by molar-refractivity contribution is 5.90. The third-order valence-electron chi connectivity index (χ3n) is 4.83. The van der Waals surface area contributed by atoms with Crippen LogP contribution in [0.1, 0.15) is 16.7 Å². The van der Waals surface area contributed by atoms with E-state index < -0.39 is 5.97 Å². The summed E-state index contributed by atoms with van der Waals surface area (Å²) in [6.45, 7) is 0. The van der Waals surface area contributed by atoms with Gasteiger partial charge in [-0.1, -0.05) is 36.4 Å². The first-order valence-electron chi connectivity index (χ1n) is 10.2. The molecule has 0 saturated carbocycles. The molecule has 3 rings (SSSR count). The van der Waals surface area contributed by atoms with Gasteiger partial charge in [-0.15, -0.1) is 0 Å². The van der Waals surface area contributed by atoms with Crippen molar-refractivity contribution in [1.82, 2.24) is 0 Å². The van der Waals surface area contributed by atoms with Crippen LogP contribution in [0.3, 0.4) is 0 Å². The predicted octanol–water partition coefficient (Wildman–Crippen LogP) is 5.51. The number of esters is 1. The molecular formula is C27H26O6. The molecule has 170 valence electrons. The summed E-state index contributed by atoms with van der Waals surface area (Å²) in [7, 11) is 6.33. The van der Waals surface area contributed by atoms with Gasteiger partial charge >= 0.3 is 5.97 Å². The average Bonchev–Trinajstić information content (AvgIpc) is 2.86. The fourth-order valence-corrected chi connectivity index (χ4v) is 3.22. The summed E-state index contributed by atoms with van der Waals surface area (Å²) >= 11 is 0. The Morgan fingerprint density at radius 1 is 0.697 bits per heavy atom. The molecule has 3 aromatic carbocycles. The third kappa shape index (κ3) is 5.95. The Labute approximate surface area is 193 Å². The fourth-order valence-electron chi connectivity index (χ4n) is 3.22. The van der Waals surface area contributed by atoms with E-state index in [9.17, 15) is 4.79 Å². The minimum atomic E-state index is -0.481. The molecule has 0 unspecified atom stereocenters. The van der Waals surface area contributed by atoms with E-state index in [0.29, 0.717) is 28.7 Å². The van der Waals surface area contributed by atoms with E-state index in [0.717, 1.165) is 16.7 Å². The van der Waals surface area contributed by atoms with E-state index in [1.54, 1.807) is 64.8 Å². The summed E-state index contributed by atoms with van der Waals surface area (Å²) in [6.07, 6.45) is 6.87. The van der Waals surface area contributed by atoms with Crippen LogP contribution in [0, 0.1) is 0 Å². The molecule has 0 radical (unpaired) electrons. The second-order valence-electron chi connectivity index (χ2n) is 6.82. The molecule has 0 amide bonds. The molecule has 0 N–H and O–H groups in total. The maximum atomic E-state index is 12.3. The van der Waals surface area contributed by atoms with E-state index in [1.807, 2.05) is 42.5 Å². The lowest BCUT2D eigenvalue weighted by Crippen LogP contribution is -2.03. The van der Waals surface area contributed by atoms with Gasteiger partial charge in [0.05, 0.1) is 28.4 Å². The number of methoxy groups -OCH3 is 4. The van der Waals surface area contributed by atoms with Gasteiger partial charge < -0.3 is 23.7 Å². The number of hydrogen-bond donors (Lipinski definition) is 0. The van der Waals surface area contributed by atoms with Gasteiger partial charge in [0.2, 0.25) is 0 Å². The fraction of sp³-hybridized carbons (Fsp3) is 0.148. The second-order valence-corrected chi connectivity index (χ2v) is 6.82. The van der Waals surface area contributed by atoms with Crippen LogP contribution in [0.25, 0.3) is 18.2 Å². The zero-order valence-corrected chi connectivity index (χ0v) is 19.0. The average molecular weight is 446 g/mol. The van der Waals surface area contributed by atoms with Crippen molar-refractivity contribution in [3.8, 4) is 28.7 Å². The highest BCUT2D eigenvalue weighted by atomic mass is 16.5. The zero-order valence-electron chi connectivity index (χ0n) is 19.0. The van der Waals surface area contributed by atoms with Gasteiger partial charge in [0, 0.05) is 11.6 Å². The number of hydrogen-bond acceptors (Lipinski definition) is 6. The van der Waals surface area contributed by atoms with Crippen molar-refractivity contribution in [1.29, 1.82) is 0 Å². The van der Waals surface area contributed by atoms with E-state index in [2.05, 4.69) is 0 Å². The Hall–Kier alpha value is -4.19. The van der Waals surface area contributed by atoms with Crippen molar-refractivity contribution >= 4 is 24.2 Å². The van der Waals surface area contributed by atoms with Crippen molar-refractivity contribution in [2.45, 2.75) is 0 Å². The molecule has 0 heterocycles. The van der Waals surface area contributed by atoms with Crippen molar-refractivity contribution in [2.75, 3.05) is 28.4 Å². The summed E-state index contributed by atoms with van der Waals surface area (Å²) in [5, 5.41) is 0. The van der Waals surface area contributed by atoms with Crippen LogP contribution < -0.4 is 23.7 Å². The number of para-hydroxylation sites is 1. The monoisotopic (exact) mass is 446 g/mol. The summed E-state index contributed by atoms with van der Waals surface area (Å²) < 4.78 is 27.1. The molecule has 33 heavy (non-hydrogen) atoms. The second kappa shape index (κ2) is 11.4. The van der Waals surface area contributed by atoms with Gasteiger partial charge in [-0.05, 0) is 53.6 Å². The summed E-state index contributed by atoms with van der Waals surface area (Å²) in [5.74, 6) is 2.40. The van der Waals surface area contributed by atoms with Crippen LogP contribution in [0.15, 0.2) is 66.7 Å². The van der Waals surface area contributed by atoms with Crippen molar-refractivity contribution in [3.63, 3.8) is 0 Å². The number of benzene rings is 3. The normalized spacial score (nSPS) is 10.9. The third-order valence-corrected chi connectivity index (χ3v) is 4.83. The molecule has 6 nitrogen and oxygen atoms in total. The van der Waals surface area contributed by atoms with Gasteiger partial charge in [0.1, 0.15) is 5.75 Å². The van der Waals surface area contributed by atoms with Crippen molar-refractivity contribution in [3.05, 3.63) is 83.4 Å². The van der Waals surface area contributed by atoms with Gasteiger partial charge in [-0.3, -0.25) is 0 Å². The molecule has 3 aromatic rings. The Kier molecular flexibility index (Phi) is 8.13. The first kappa shape index (κ1) is 23.5. The van der Waals surface area contributed by atoms with Crippen LogP contribution in [0.4, 0.5) is 0 Å². The largest absolute Gasteiger partial charge is 0.493 e. The first-order chi connectivity index (χ1) is 16.1. The van der Waals surface area contributed by atoms with Gasteiger partial charge in [0.15, 0.2) is 23.0 Å². The molecule has 0 saturated heterocycles. The zero-order chi connectivity index (χ0) is 23.6. The van der Waals surface area contributed by atoms with Crippen LogP contribution >= 0.6 is 0 Å². The minimum Gasteiger partial charge on any atom is -0.493 e.